The predicted octanol–water partition coefficient (Wildman–Crippen LogP) is -1.51. The van der Waals surface area contributed by atoms with Crippen LogP contribution in [0.3, 0.4) is 0 Å². The molecule has 2 rings (SSSR count). The largest absolute Gasteiger partial charge is 0.399 e. The summed E-state index contributed by atoms with van der Waals surface area (Å²) in [7, 11) is 0. The molecule has 0 saturated carbocycles. The van der Waals surface area contributed by atoms with Crippen molar-refractivity contribution in [1.82, 2.24) is 0 Å². The first-order chi connectivity index (χ1) is 12.9. The molecule has 28 heavy (non-hydrogen) atoms. The average Bonchev–Trinajstić information content (AvgIpc) is 2.62. The Labute approximate surface area is 161 Å². The molecule has 0 amide bonds. The summed E-state index contributed by atoms with van der Waals surface area (Å²) in [6.45, 7) is 0. The molecule has 0 saturated heterocycles. The summed E-state index contributed by atoms with van der Waals surface area (Å²) in [4.78, 5) is 0. The molecule has 0 aliphatic carbocycles. The molecule has 2 aromatic rings. The Balaban J connectivity index is 2.15. The minimum atomic E-state index is -2.77. The van der Waals surface area contributed by atoms with E-state index in [9.17, 15) is 30.6 Å². The van der Waals surface area contributed by atoms with E-state index in [2.05, 4.69) is 0 Å². The van der Waals surface area contributed by atoms with E-state index in [0.717, 1.165) is 0 Å². The number of nitrogens with two attached hydrogens (primary N) is 4. The van der Waals surface area contributed by atoms with Crippen LogP contribution in [0.2, 0.25) is 0 Å². The maximum atomic E-state index is 10.3. The lowest BCUT2D eigenvalue weighted by Gasteiger charge is -2.32. The molecule has 10 heteroatoms. The fourth-order valence-corrected chi connectivity index (χ4v) is 2.86. The van der Waals surface area contributed by atoms with Crippen LogP contribution in [0.15, 0.2) is 36.4 Å². The average molecular weight is 394 g/mol. The molecule has 0 heterocycles. The first-order valence-electron chi connectivity index (χ1n) is 8.44. The number of aliphatic hydroxyl groups excluding tert-OH is 2. The highest BCUT2D eigenvalue weighted by atomic mass is 16.5. The third kappa shape index (κ3) is 4.28. The van der Waals surface area contributed by atoms with Gasteiger partial charge in [-0.3, -0.25) is 0 Å². The van der Waals surface area contributed by atoms with Crippen LogP contribution in [0, 0.1) is 0 Å². The smallest absolute Gasteiger partial charge is 0.218 e. The van der Waals surface area contributed by atoms with Crippen LogP contribution in [0.1, 0.15) is 24.0 Å². The number of hydrogen-bond donors (Lipinski definition) is 10. The molecular formula is C18H26N4O6. The van der Waals surface area contributed by atoms with Gasteiger partial charge in [-0.15, -0.1) is 0 Å². The van der Waals surface area contributed by atoms with Gasteiger partial charge in [0.05, 0.1) is 0 Å². The third-order valence-electron chi connectivity index (χ3n) is 4.59. The first kappa shape index (κ1) is 21.7. The summed E-state index contributed by atoms with van der Waals surface area (Å²) in [5.74, 6) is -5.55. The maximum Gasteiger partial charge on any atom is 0.218 e. The van der Waals surface area contributed by atoms with Crippen molar-refractivity contribution >= 4 is 22.7 Å². The van der Waals surface area contributed by atoms with Gasteiger partial charge in [0.25, 0.3) is 0 Å². The fraction of sp³-hybridized carbons (Fsp3) is 0.333. The summed E-state index contributed by atoms with van der Waals surface area (Å²) < 4.78 is 0. The Kier molecular flexibility index (Phi) is 6.04. The molecule has 0 aliphatic rings. The summed E-state index contributed by atoms with van der Waals surface area (Å²) in [6, 6.07) is 8.00. The minimum absolute atomic E-state index is 0.00926. The second-order valence-electron chi connectivity index (χ2n) is 6.75. The standard InChI is InChI=1S/C18H26N4O6/c19-9-1-3-13(21)11(7-9)17(25,26)15(23)5-6-16(24)18(27,28)12-8-10(20)2-4-14(12)22/h1-4,7-8,15-16,23-28H,5-6,19-22H2. The van der Waals surface area contributed by atoms with E-state index in [0.29, 0.717) is 0 Å². The zero-order valence-electron chi connectivity index (χ0n) is 15.0. The number of nitrogen functional groups attached to an aromatic ring is 4. The Bertz CT molecular complexity index is 773. The molecule has 0 bridgehead atoms. The van der Waals surface area contributed by atoms with Crippen LogP contribution in [0.25, 0.3) is 0 Å². The molecule has 2 unspecified atom stereocenters. The van der Waals surface area contributed by atoms with Gasteiger partial charge in [-0.1, -0.05) is 0 Å². The highest BCUT2D eigenvalue weighted by molar-refractivity contribution is 5.58. The van der Waals surface area contributed by atoms with Crippen molar-refractivity contribution in [2.24, 2.45) is 0 Å². The number of rotatable bonds is 7. The third-order valence-corrected chi connectivity index (χ3v) is 4.59. The number of aliphatic hydroxyl groups is 6. The number of anilines is 4. The number of benzene rings is 2. The molecule has 0 aromatic heterocycles. The minimum Gasteiger partial charge on any atom is -0.399 e. The van der Waals surface area contributed by atoms with Gasteiger partial charge in [-0.05, 0) is 49.2 Å². The summed E-state index contributed by atoms with van der Waals surface area (Å²) in [5, 5.41) is 61.6. The summed E-state index contributed by atoms with van der Waals surface area (Å²) >= 11 is 0. The zero-order valence-corrected chi connectivity index (χ0v) is 15.0. The van der Waals surface area contributed by atoms with Crippen LogP contribution in [-0.4, -0.2) is 42.8 Å². The van der Waals surface area contributed by atoms with Crippen molar-refractivity contribution in [3.8, 4) is 0 Å². The topological polar surface area (TPSA) is 225 Å². The second kappa shape index (κ2) is 7.80. The Morgan fingerprint density at radius 3 is 1.29 bits per heavy atom. The van der Waals surface area contributed by atoms with Crippen molar-refractivity contribution < 1.29 is 30.6 Å². The lowest BCUT2D eigenvalue weighted by molar-refractivity contribution is -0.251. The molecule has 2 aromatic carbocycles. The lowest BCUT2D eigenvalue weighted by atomic mass is 9.90. The van der Waals surface area contributed by atoms with Gasteiger partial charge in [0.2, 0.25) is 11.6 Å². The van der Waals surface area contributed by atoms with Crippen LogP contribution in [0.5, 0.6) is 0 Å². The van der Waals surface area contributed by atoms with E-state index in [-0.39, 0.29) is 33.9 Å². The molecule has 0 radical (unpaired) electrons. The van der Waals surface area contributed by atoms with Gasteiger partial charge in [0.1, 0.15) is 12.2 Å². The van der Waals surface area contributed by atoms with Crippen LogP contribution < -0.4 is 22.9 Å². The van der Waals surface area contributed by atoms with E-state index in [1.165, 1.54) is 36.4 Å². The summed E-state index contributed by atoms with van der Waals surface area (Å²) in [6.07, 6.45) is -4.48. The van der Waals surface area contributed by atoms with E-state index >= 15 is 0 Å². The van der Waals surface area contributed by atoms with Gasteiger partial charge in [0.15, 0.2) is 0 Å². The quantitative estimate of drug-likeness (QED) is 0.193. The normalized spacial score (nSPS) is 14.6. The van der Waals surface area contributed by atoms with Gasteiger partial charge >= 0.3 is 0 Å². The monoisotopic (exact) mass is 394 g/mol. The van der Waals surface area contributed by atoms with Crippen LogP contribution >= 0.6 is 0 Å². The van der Waals surface area contributed by atoms with E-state index in [4.69, 9.17) is 22.9 Å². The molecular weight excluding hydrogens is 368 g/mol. The molecule has 14 N–H and O–H groups in total. The van der Waals surface area contributed by atoms with Crippen LogP contribution in [0.4, 0.5) is 22.7 Å². The van der Waals surface area contributed by atoms with Crippen molar-refractivity contribution in [1.29, 1.82) is 0 Å². The predicted molar refractivity (Wildman–Crippen MR) is 104 cm³/mol. The maximum absolute atomic E-state index is 10.3. The van der Waals surface area contributed by atoms with Crippen molar-refractivity contribution in [3.05, 3.63) is 47.5 Å². The molecule has 0 aliphatic heterocycles. The lowest BCUT2D eigenvalue weighted by Crippen LogP contribution is -2.43. The van der Waals surface area contributed by atoms with E-state index in [1.807, 2.05) is 0 Å². The molecule has 2 atom stereocenters. The van der Waals surface area contributed by atoms with E-state index < -0.39 is 36.6 Å². The highest BCUT2D eigenvalue weighted by Gasteiger charge is 2.41. The van der Waals surface area contributed by atoms with Crippen molar-refractivity contribution in [2.75, 3.05) is 22.9 Å². The molecule has 10 nitrogen and oxygen atoms in total. The zero-order chi connectivity index (χ0) is 21.3. The first-order valence-corrected chi connectivity index (χ1v) is 8.44. The van der Waals surface area contributed by atoms with Gasteiger partial charge in [0, 0.05) is 33.9 Å². The number of hydrogen-bond acceptors (Lipinski definition) is 10. The molecule has 0 fully saturated rings. The Hall–Kier alpha value is -2.60. The molecule has 154 valence electrons. The van der Waals surface area contributed by atoms with Gasteiger partial charge < -0.3 is 53.6 Å². The van der Waals surface area contributed by atoms with Gasteiger partial charge in [-0.25, -0.2) is 0 Å². The molecule has 0 spiro atoms. The highest BCUT2D eigenvalue weighted by Crippen LogP contribution is 2.34. The second-order valence-corrected chi connectivity index (χ2v) is 6.75. The van der Waals surface area contributed by atoms with Crippen molar-refractivity contribution in [3.63, 3.8) is 0 Å². The van der Waals surface area contributed by atoms with Gasteiger partial charge in [-0.2, -0.15) is 0 Å². The van der Waals surface area contributed by atoms with Crippen molar-refractivity contribution in [2.45, 2.75) is 36.6 Å². The summed E-state index contributed by atoms with van der Waals surface area (Å²) in [5.41, 5.74) is 22.6. The van der Waals surface area contributed by atoms with Crippen LogP contribution in [-0.2, 0) is 11.6 Å². The SMILES string of the molecule is Nc1ccc(N)c(C(O)(O)C(O)CCC(O)C(O)(O)c2cc(N)ccc2N)c1. The Morgan fingerprint density at radius 2 is 0.964 bits per heavy atom. The fourth-order valence-electron chi connectivity index (χ4n) is 2.86. The Morgan fingerprint density at radius 1 is 0.643 bits per heavy atom. The van der Waals surface area contributed by atoms with E-state index in [1.54, 1.807) is 0 Å².